The summed E-state index contributed by atoms with van der Waals surface area (Å²) in [6.45, 7) is 1.58. The van der Waals surface area contributed by atoms with Crippen LogP contribution in [0, 0.1) is 0 Å². The number of aromatic nitrogens is 1. The van der Waals surface area contributed by atoms with E-state index in [2.05, 4.69) is 15.2 Å². The number of carbonyl (C=O) groups is 1. The van der Waals surface area contributed by atoms with Gasteiger partial charge in [0.15, 0.2) is 0 Å². The highest BCUT2D eigenvalue weighted by Crippen LogP contribution is 2.15. The molecule has 1 fully saturated rings. The summed E-state index contributed by atoms with van der Waals surface area (Å²) in [4.78, 5) is 18.2. The number of hydrogen-bond acceptors (Lipinski definition) is 4. The molecule has 1 atom stereocenters. The third-order valence-corrected chi connectivity index (χ3v) is 3.75. The van der Waals surface area contributed by atoms with Gasteiger partial charge in [0.2, 0.25) is 5.91 Å². The Balaban J connectivity index is 1.83. The van der Waals surface area contributed by atoms with Gasteiger partial charge in [-0.2, -0.15) is 0 Å². The van der Waals surface area contributed by atoms with E-state index in [1.807, 2.05) is 12.4 Å². The van der Waals surface area contributed by atoms with Crippen LogP contribution in [0.15, 0.2) is 11.6 Å². The molecule has 0 radical (unpaired) electrons. The highest BCUT2D eigenvalue weighted by molar-refractivity contribution is 7.09. The quantitative estimate of drug-likeness (QED) is 0.863. The molecule has 1 aromatic rings. The zero-order valence-corrected chi connectivity index (χ0v) is 10.3. The summed E-state index contributed by atoms with van der Waals surface area (Å²) in [6, 6.07) is 0.0497. The molecule has 5 heteroatoms. The summed E-state index contributed by atoms with van der Waals surface area (Å²) in [6.07, 6.45) is 5.09. The average molecular weight is 239 g/mol. The molecule has 1 amide bonds. The first-order valence-corrected chi connectivity index (χ1v) is 6.51. The van der Waals surface area contributed by atoms with Crippen molar-refractivity contribution in [2.75, 3.05) is 13.6 Å². The minimum Gasteiger partial charge on any atom is -0.348 e. The van der Waals surface area contributed by atoms with Crippen molar-refractivity contribution in [2.45, 2.75) is 31.8 Å². The Bertz CT molecular complexity index is 339. The van der Waals surface area contributed by atoms with Crippen molar-refractivity contribution in [1.29, 1.82) is 0 Å². The van der Waals surface area contributed by atoms with Crippen molar-refractivity contribution in [3.05, 3.63) is 16.6 Å². The Labute approximate surface area is 99.7 Å². The molecule has 0 spiro atoms. The highest BCUT2D eigenvalue weighted by atomic mass is 32.1. The number of rotatable bonds is 3. The summed E-state index contributed by atoms with van der Waals surface area (Å²) < 4.78 is 0. The smallest absolute Gasteiger partial charge is 0.237 e. The van der Waals surface area contributed by atoms with Gasteiger partial charge >= 0.3 is 0 Å². The van der Waals surface area contributed by atoms with Gasteiger partial charge in [-0.05, 0) is 26.4 Å². The number of piperidine rings is 1. The maximum Gasteiger partial charge on any atom is 0.237 e. The number of likely N-dealkylation sites (tertiary alicyclic amines) is 1. The Morgan fingerprint density at radius 1 is 1.69 bits per heavy atom. The summed E-state index contributed by atoms with van der Waals surface area (Å²) >= 11 is 1.57. The lowest BCUT2D eigenvalue weighted by atomic mass is 10.0. The number of thiazole rings is 1. The van der Waals surface area contributed by atoms with Crippen LogP contribution in [-0.4, -0.2) is 35.4 Å². The summed E-state index contributed by atoms with van der Waals surface area (Å²) in [7, 11) is 2.02. The van der Waals surface area contributed by atoms with Gasteiger partial charge in [0.1, 0.15) is 5.01 Å². The van der Waals surface area contributed by atoms with E-state index in [1.165, 1.54) is 6.42 Å². The molecule has 2 heterocycles. The molecular weight excluding hydrogens is 222 g/mol. The van der Waals surface area contributed by atoms with Gasteiger partial charge in [-0.1, -0.05) is 6.42 Å². The predicted octanol–water partition coefficient (Wildman–Crippen LogP) is 1.24. The molecule has 0 bridgehead atoms. The molecule has 0 aliphatic carbocycles. The third-order valence-electron chi connectivity index (χ3n) is 2.97. The lowest BCUT2D eigenvalue weighted by Crippen LogP contribution is -2.47. The van der Waals surface area contributed by atoms with E-state index in [1.54, 1.807) is 17.5 Å². The molecule has 1 N–H and O–H groups in total. The summed E-state index contributed by atoms with van der Waals surface area (Å²) in [5.41, 5.74) is 0. The molecule has 0 aromatic carbocycles. The largest absolute Gasteiger partial charge is 0.348 e. The normalized spacial score (nSPS) is 21.9. The number of carbonyl (C=O) groups excluding carboxylic acids is 1. The van der Waals surface area contributed by atoms with Gasteiger partial charge in [-0.15, -0.1) is 11.3 Å². The molecule has 16 heavy (non-hydrogen) atoms. The van der Waals surface area contributed by atoms with E-state index < -0.39 is 0 Å². The molecule has 1 aromatic heterocycles. The van der Waals surface area contributed by atoms with E-state index in [0.29, 0.717) is 6.54 Å². The topological polar surface area (TPSA) is 45.2 Å². The maximum absolute atomic E-state index is 11.9. The summed E-state index contributed by atoms with van der Waals surface area (Å²) in [5.74, 6) is 0.136. The SMILES string of the molecule is CN1CCCC[C@H]1C(=O)NCc1nccs1. The third kappa shape index (κ3) is 2.80. The second-order valence-corrected chi connectivity index (χ2v) is 5.11. The van der Waals surface area contributed by atoms with Crippen LogP contribution in [0.5, 0.6) is 0 Å². The van der Waals surface area contributed by atoms with Gasteiger partial charge < -0.3 is 5.32 Å². The van der Waals surface area contributed by atoms with Crippen LogP contribution in [0.4, 0.5) is 0 Å². The number of likely N-dealkylation sites (N-methyl/N-ethyl adjacent to an activating group) is 1. The fraction of sp³-hybridized carbons (Fsp3) is 0.636. The second-order valence-electron chi connectivity index (χ2n) is 4.14. The molecule has 88 valence electrons. The van der Waals surface area contributed by atoms with E-state index >= 15 is 0 Å². The van der Waals surface area contributed by atoms with Gasteiger partial charge in [-0.25, -0.2) is 4.98 Å². The maximum atomic E-state index is 11.9. The standard InChI is InChI=1S/C11H17N3OS/c1-14-6-3-2-4-9(14)11(15)13-8-10-12-5-7-16-10/h5,7,9H,2-4,6,8H2,1H3,(H,13,15)/t9-/m0/s1. The van der Waals surface area contributed by atoms with Crippen LogP contribution in [0.1, 0.15) is 24.3 Å². The van der Waals surface area contributed by atoms with Crippen LogP contribution in [0.25, 0.3) is 0 Å². The minimum atomic E-state index is 0.0497. The Kier molecular flexibility index (Phi) is 3.90. The van der Waals surface area contributed by atoms with Crippen LogP contribution < -0.4 is 5.32 Å². The van der Waals surface area contributed by atoms with Crippen molar-refractivity contribution in [2.24, 2.45) is 0 Å². The van der Waals surface area contributed by atoms with Crippen molar-refractivity contribution < 1.29 is 4.79 Å². The Hall–Kier alpha value is -0.940. The minimum absolute atomic E-state index is 0.0497. The Morgan fingerprint density at radius 2 is 2.56 bits per heavy atom. The molecule has 0 unspecified atom stereocenters. The van der Waals surface area contributed by atoms with Gasteiger partial charge in [-0.3, -0.25) is 9.69 Å². The van der Waals surface area contributed by atoms with Crippen molar-refractivity contribution in [3.63, 3.8) is 0 Å². The van der Waals surface area contributed by atoms with E-state index in [0.717, 1.165) is 24.4 Å². The number of hydrogen-bond donors (Lipinski definition) is 1. The fourth-order valence-electron chi connectivity index (χ4n) is 2.03. The molecule has 1 saturated heterocycles. The second kappa shape index (κ2) is 5.41. The lowest BCUT2D eigenvalue weighted by Gasteiger charge is -2.31. The molecular formula is C11H17N3OS. The van der Waals surface area contributed by atoms with E-state index in [9.17, 15) is 4.79 Å². The lowest BCUT2D eigenvalue weighted by molar-refractivity contribution is -0.127. The first-order valence-electron chi connectivity index (χ1n) is 5.63. The highest BCUT2D eigenvalue weighted by Gasteiger charge is 2.25. The van der Waals surface area contributed by atoms with Crippen LogP contribution in [-0.2, 0) is 11.3 Å². The van der Waals surface area contributed by atoms with Gasteiger partial charge in [0.25, 0.3) is 0 Å². The monoisotopic (exact) mass is 239 g/mol. The molecule has 2 rings (SSSR count). The van der Waals surface area contributed by atoms with Crippen LogP contribution in [0.3, 0.4) is 0 Å². The predicted molar refractivity (Wildman–Crippen MR) is 64.2 cm³/mol. The Morgan fingerprint density at radius 3 is 3.25 bits per heavy atom. The summed E-state index contributed by atoms with van der Waals surface area (Å²) in [5, 5.41) is 5.84. The first-order chi connectivity index (χ1) is 7.77. The fourth-order valence-corrected chi connectivity index (χ4v) is 2.58. The van der Waals surface area contributed by atoms with Gasteiger partial charge in [0, 0.05) is 11.6 Å². The number of nitrogens with zero attached hydrogens (tertiary/aromatic N) is 2. The number of amides is 1. The van der Waals surface area contributed by atoms with E-state index in [-0.39, 0.29) is 11.9 Å². The average Bonchev–Trinajstić information content (AvgIpc) is 2.79. The first kappa shape index (κ1) is 11.5. The zero-order valence-electron chi connectivity index (χ0n) is 9.48. The molecule has 1 aliphatic rings. The van der Waals surface area contributed by atoms with Gasteiger partial charge in [0.05, 0.1) is 12.6 Å². The van der Waals surface area contributed by atoms with E-state index in [4.69, 9.17) is 0 Å². The zero-order chi connectivity index (χ0) is 11.4. The molecule has 1 aliphatic heterocycles. The molecule has 4 nitrogen and oxygen atoms in total. The number of nitrogens with one attached hydrogen (secondary N) is 1. The van der Waals surface area contributed by atoms with Crippen molar-refractivity contribution in [3.8, 4) is 0 Å². The van der Waals surface area contributed by atoms with Crippen LogP contribution >= 0.6 is 11.3 Å². The van der Waals surface area contributed by atoms with Crippen molar-refractivity contribution in [1.82, 2.24) is 15.2 Å². The molecule has 0 saturated carbocycles. The van der Waals surface area contributed by atoms with Crippen LogP contribution in [0.2, 0.25) is 0 Å². The van der Waals surface area contributed by atoms with Crippen molar-refractivity contribution >= 4 is 17.2 Å².